The van der Waals surface area contributed by atoms with E-state index in [9.17, 15) is 0 Å². The minimum Gasteiger partial charge on any atom is -0.373 e. The van der Waals surface area contributed by atoms with E-state index in [2.05, 4.69) is 48.4 Å². The van der Waals surface area contributed by atoms with Gasteiger partial charge in [-0.25, -0.2) is 0 Å². The van der Waals surface area contributed by atoms with Crippen molar-refractivity contribution in [3.05, 3.63) is 41.6 Å². The molecule has 1 aromatic carbocycles. The SMILES string of the molecule is CCCCCCCCCCCCCCCCN1C=Cc2ccccc2C1.I.I.I. The summed E-state index contributed by atoms with van der Waals surface area (Å²) >= 11 is 0. The monoisotopic (exact) mass is 739 g/mol. The first kappa shape index (κ1) is 32.1. The molecular formula is C25H44I3N. The highest BCUT2D eigenvalue weighted by Gasteiger charge is 2.08. The van der Waals surface area contributed by atoms with Crippen LogP contribution in [0.15, 0.2) is 30.5 Å². The molecule has 0 radical (unpaired) electrons. The van der Waals surface area contributed by atoms with Crippen LogP contribution in [0, 0.1) is 0 Å². The van der Waals surface area contributed by atoms with Gasteiger partial charge in [0.1, 0.15) is 0 Å². The summed E-state index contributed by atoms with van der Waals surface area (Å²) in [5, 5.41) is 0. The summed E-state index contributed by atoms with van der Waals surface area (Å²) in [4.78, 5) is 2.48. The van der Waals surface area contributed by atoms with E-state index in [1.807, 2.05) is 0 Å². The third-order valence-electron chi connectivity index (χ3n) is 5.69. The van der Waals surface area contributed by atoms with E-state index in [1.54, 1.807) is 0 Å². The molecule has 0 unspecified atom stereocenters. The summed E-state index contributed by atoms with van der Waals surface area (Å²) in [6, 6.07) is 8.77. The predicted molar refractivity (Wildman–Crippen MR) is 162 cm³/mol. The van der Waals surface area contributed by atoms with Crippen molar-refractivity contribution in [2.45, 2.75) is 103 Å². The lowest BCUT2D eigenvalue weighted by molar-refractivity contribution is 0.353. The second kappa shape index (κ2) is 22.2. The van der Waals surface area contributed by atoms with Crippen LogP contribution in [0.5, 0.6) is 0 Å². The Labute approximate surface area is 232 Å². The lowest BCUT2D eigenvalue weighted by Gasteiger charge is -2.25. The van der Waals surface area contributed by atoms with Gasteiger partial charge in [0, 0.05) is 13.1 Å². The summed E-state index contributed by atoms with van der Waals surface area (Å²) in [6.45, 7) is 4.60. The highest BCUT2D eigenvalue weighted by molar-refractivity contribution is 14.0. The lowest BCUT2D eigenvalue weighted by Crippen LogP contribution is -2.21. The van der Waals surface area contributed by atoms with Crippen LogP contribution in [0.4, 0.5) is 0 Å². The molecule has 0 N–H and O–H groups in total. The number of fused-ring (bicyclic) bond motifs is 1. The van der Waals surface area contributed by atoms with Crippen molar-refractivity contribution < 1.29 is 0 Å². The lowest BCUT2D eigenvalue weighted by atomic mass is 10.0. The Hall–Kier alpha value is 0.950. The van der Waals surface area contributed by atoms with Crippen LogP contribution in [0.3, 0.4) is 0 Å². The van der Waals surface area contributed by atoms with Crippen molar-refractivity contribution >= 4 is 78.0 Å². The molecule has 1 heterocycles. The van der Waals surface area contributed by atoms with Crippen LogP contribution in [0.25, 0.3) is 6.08 Å². The first-order valence-electron chi connectivity index (χ1n) is 11.4. The fraction of sp³-hybridized carbons (Fsp3) is 0.680. The van der Waals surface area contributed by atoms with Crippen molar-refractivity contribution in [3.8, 4) is 0 Å². The molecule has 0 atom stereocenters. The molecule has 0 saturated carbocycles. The van der Waals surface area contributed by atoms with Crippen molar-refractivity contribution in [1.29, 1.82) is 0 Å². The smallest absolute Gasteiger partial charge is 0.0429 e. The van der Waals surface area contributed by atoms with Gasteiger partial charge < -0.3 is 4.90 Å². The predicted octanol–water partition coefficient (Wildman–Crippen LogP) is 9.81. The highest BCUT2D eigenvalue weighted by Crippen LogP contribution is 2.20. The molecule has 29 heavy (non-hydrogen) atoms. The van der Waals surface area contributed by atoms with E-state index >= 15 is 0 Å². The number of rotatable bonds is 15. The normalized spacial score (nSPS) is 11.8. The maximum Gasteiger partial charge on any atom is 0.0429 e. The van der Waals surface area contributed by atoms with Crippen LogP contribution >= 0.6 is 71.9 Å². The third kappa shape index (κ3) is 15.4. The second-order valence-electron chi connectivity index (χ2n) is 8.08. The number of hydrogen-bond acceptors (Lipinski definition) is 1. The quantitative estimate of drug-likeness (QED) is 0.128. The summed E-state index contributed by atoms with van der Waals surface area (Å²) in [6.07, 6.45) is 24.6. The van der Waals surface area contributed by atoms with Gasteiger partial charge in [0.05, 0.1) is 0 Å². The third-order valence-corrected chi connectivity index (χ3v) is 5.69. The molecule has 1 nitrogen and oxygen atoms in total. The van der Waals surface area contributed by atoms with E-state index in [1.165, 1.54) is 108 Å². The van der Waals surface area contributed by atoms with Gasteiger partial charge in [-0.15, -0.1) is 71.9 Å². The van der Waals surface area contributed by atoms with Crippen LogP contribution in [0.1, 0.15) is 108 Å². The topological polar surface area (TPSA) is 3.24 Å². The van der Waals surface area contributed by atoms with Gasteiger partial charge in [0.25, 0.3) is 0 Å². The molecule has 4 heteroatoms. The molecule has 0 aliphatic carbocycles. The Morgan fingerprint density at radius 1 is 0.655 bits per heavy atom. The molecule has 0 amide bonds. The number of benzene rings is 1. The number of nitrogens with zero attached hydrogens (tertiary/aromatic N) is 1. The van der Waals surface area contributed by atoms with Crippen molar-refractivity contribution in [1.82, 2.24) is 4.90 Å². The molecule has 1 aliphatic heterocycles. The van der Waals surface area contributed by atoms with E-state index in [0.29, 0.717) is 0 Å². The van der Waals surface area contributed by atoms with Gasteiger partial charge in [-0.05, 0) is 29.8 Å². The Kier molecular flexibility index (Phi) is 24.5. The average molecular weight is 739 g/mol. The Bertz CT molecular complexity index is 505. The number of hydrogen-bond donors (Lipinski definition) is 0. The molecule has 170 valence electrons. The minimum atomic E-state index is 0. The van der Waals surface area contributed by atoms with Crippen molar-refractivity contribution in [2.24, 2.45) is 0 Å². The van der Waals surface area contributed by atoms with E-state index in [0.717, 1.165) is 6.54 Å². The maximum atomic E-state index is 2.48. The van der Waals surface area contributed by atoms with Crippen molar-refractivity contribution in [2.75, 3.05) is 6.54 Å². The highest BCUT2D eigenvalue weighted by atomic mass is 127. The Balaban J connectivity index is 0. The summed E-state index contributed by atoms with van der Waals surface area (Å²) in [5.41, 5.74) is 2.87. The molecule has 0 saturated heterocycles. The molecule has 2 rings (SSSR count). The van der Waals surface area contributed by atoms with Crippen molar-refractivity contribution in [3.63, 3.8) is 0 Å². The van der Waals surface area contributed by atoms with Gasteiger partial charge in [-0.2, -0.15) is 0 Å². The standard InChI is InChI=1S/C25H41N.3HI/c1-2-3-4-5-6-7-8-9-10-11-12-13-14-17-21-26-22-20-24-18-15-16-19-25(24)23-26;;;/h15-16,18-20,22H,2-14,17,21,23H2,1H3;3*1H. The molecular weight excluding hydrogens is 695 g/mol. The van der Waals surface area contributed by atoms with Crippen LogP contribution in [-0.2, 0) is 6.54 Å². The van der Waals surface area contributed by atoms with Crippen LogP contribution in [0.2, 0.25) is 0 Å². The van der Waals surface area contributed by atoms with Gasteiger partial charge >= 0.3 is 0 Å². The first-order chi connectivity index (χ1) is 12.9. The van der Waals surface area contributed by atoms with Gasteiger partial charge in [0.15, 0.2) is 0 Å². The summed E-state index contributed by atoms with van der Waals surface area (Å²) in [5.74, 6) is 0. The molecule has 0 spiro atoms. The van der Waals surface area contributed by atoms with Crippen LogP contribution in [-0.4, -0.2) is 11.4 Å². The second-order valence-corrected chi connectivity index (χ2v) is 8.08. The molecule has 1 aromatic rings. The van der Waals surface area contributed by atoms with Gasteiger partial charge in [-0.3, -0.25) is 0 Å². The molecule has 0 bridgehead atoms. The maximum absolute atomic E-state index is 2.48. The number of halogens is 3. The van der Waals surface area contributed by atoms with Crippen LogP contribution < -0.4 is 0 Å². The summed E-state index contributed by atoms with van der Waals surface area (Å²) < 4.78 is 0. The first-order valence-corrected chi connectivity index (χ1v) is 11.4. The minimum absolute atomic E-state index is 0. The zero-order chi connectivity index (χ0) is 18.3. The van der Waals surface area contributed by atoms with E-state index in [-0.39, 0.29) is 71.9 Å². The molecule has 0 fully saturated rings. The van der Waals surface area contributed by atoms with E-state index < -0.39 is 0 Å². The average Bonchev–Trinajstić information content (AvgIpc) is 2.68. The zero-order valence-electron chi connectivity index (χ0n) is 18.4. The fourth-order valence-corrected chi connectivity index (χ4v) is 3.96. The molecule has 1 aliphatic rings. The zero-order valence-corrected chi connectivity index (χ0v) is 25.4. The fourth-order valence-electron chi connectivity index (χ4n) is 3.96. The Morgan fingerprint density at radius 3 is 1.69 bits per heavy atom. The van der Waals surface area contributed by atoms with E-state index in [4.69, 9.17) is 0 Å². The Morgan fingerprint density at radius 2 is 1.14 bits per heavy atom. The van der Waals surface area contributed by atoms with Gasteiger partial charge in [-0.1, -0.05) is 115 Å². The summed E-state index contributed by atoms with van der Waals surface area (Å²) in [7, 11) is 0. The van der Waals surface area contributed by atoms with Gasteiger partial charge in [0.2, 0.25) is 0 Å². The largest absolute Gasteiger partial charge is 0.373 e. The molecule has 0 aromatic heterocycles. The number of unbranched alkanes of at least 4 members (excludes halogenated alkanes) is 13.